The summed E-state index contributed by atoms with van der Waals surface area (Å²) in [4.78, 5) is 27.5. The Morgan fingerprint density at radius 1 is 1.33 bits per heavy atom. The normalized spacial score (nSPS) is 31.9. The van der Waals surface area contributed by atoms with Crippen LogP contribution in [0, 0.1) is 5.92 Å². The number of nitrogens with one attached hydrogen (secondary N) is 1. The van der Waals surface area contributed by atoms with Crippen LogP contribution in [0.3, 0.4) is 0 Å². The number of amides is 2. The molecule has 0 aliphatic carbocycles. The van der Waals surface area contributed by atoms with Crippen LogP contribution in [0.4, 0.5) is 0 Å². The molecule has 0 saturated carbocycles. The Bertz CT molecular complexity index is 336. The van der Waals surface area contributed by atoms with Gasteiger partial charge in [-0.05, 0) is 31.7 Å². The molecule has 4 heterocycles. The third kappa shape index (κ3) is 2.36. The zero-order valence-corrected chi connectivity index (χ0v) is 10.7. The Labute approximate surface area is 107 Å². The first-order chi connectivity index (χ1) is 8.72. The van der Waals surface area contributed by atoms with E-state index in [2.05, 4.69) is 5.32 Å². The summed E-state index contributed by atoms with van der Waals surface area (Å²) >= 11 is 0. The molecule has 18 heavy (non-hydrogen) atoms. The fourth-order valence-corrected chi connectivity index (χ4v) is 3.28. The second-order valence-electron chi connectivity index (χ2n) is 5.77. The molecule has 4 aliphatic heterocycles. The van der Waals surface area contributed by atoms with Gasteiger partial charge in [0.1, 0.15) is 0 Å². The van der Waals surface area contributed by atoms with Gasteiger partial charge in [0, 0.05) is 32.1 Å². The first-order valence-electron chi connectivity index (χ1n) is 7.01. The molecule has 0 aromatic rings. The number of hydrogen-bond donors (Lipinski definition) is 1. The molecular weight excluding hydrogens is 230 g/mol. The molecule has 2 bridgehead atoms. The highest BCUT2D eigenvalue weighted by Gasteiger charge is 2.32. The standard InChI is InChI=1S/C13H21N3O2/c17-12-2-1-5-15(12)9-13(18)16-7-10-3-4-11(8-16)14-6-10/h10-11,14H,1-9H2/t10-,11-/m0/s1. The van der Waals surface area contributed by atoms with Crippen molar-refractivity contribution in [3.8, 4) is 0 Å². The predicted octanol–water partition coefficient (Wildman–Crippen LogP) is -0.181. The van der Waals surface area contributed by atoms with Gasteiger partial charge in [-0.1, -0.05) is 0 Å². The molecule has 0 aromatic heterocycles. The lowest BCUT2D eigenvalue weighted by molar-refractivity contribution is -0.138. The number of carbonyl (C=O) groups is 2. The van der Waals surface area contributed by atoms with E-state index in [1.807, 2.05) is 4.90 Å². The minimum atomic E-state index is 0.130. The van der Waals surface area contributed by atoms with Crippen molar-refractivity contribution in [2.24, 2.45) is 5.92 Å². The summed E-state index contributed by atoms with van der Waals surface area (Å²) in [6.45, 7) is 3.76. The largest absolute Gasteiger partial charge is 0.339 e. The van der Waals surface area contributed by atoms with Gasteiger partial charge in [-0.2, -0.15) is 0 Å². The van der Waals surface area contributed by atoms with Gasteiger partial charge in [0.2, 0.25) is 11.8 Å². The van der Waals surface area contributed by atoms with Crippen molar-refractivity contribution >= 4 is 11.8 Å². The fourth-order valence-electron chi connectivity index (χ4n) is 3.28. The summed E-state index contributed by atoms with van der Waals surface area (Å²) in [5, 5.41) is 3.49. The molecule has 4 saturated heterocycles. The van der Waals surface area contributed by atoms with E-state index in [1.165, 1.54) is 12.8 Å². The van der Waals surface area contributed by atoms with Crippen LogP contribution in [0.5, 0.6) is 0 Å². The minimum Gasteiger partial charge on any atom is -0.339 e. The monoisotopic (exact) mass is 251 g/mol. The van der Waals surface area contributed by atoms with Crippen LogP contribution in [-0.2, 0) is 9.59 Å². The van der Waals surface area contributed by atoms with E-state index in [1.54, 1.807) is 4.90 Å². The molecule has 4 fully saturated rings. The van der Waals surface area contributed by atoms with Crippen LogP contribution < -0.4 is 5.32 Å². The van der Waals surface area contributed by atoms with Gasteiger partial charge in [-0.3, -0.25) is 9.59 Å². The van der Waals surface area contributed by atoms with Crippen molar-refractivity contribution in [2.45, 2.75) is 31.7 Å². The van der Waals surface area contributed by atoms with Gasteiger partial charge in [0.15, 0.2) is 0 Å². The van der Waals surface area contributed by atoms with Gasteiger partial charge in [0.05, 0.1) is 6.54 Å². The minimum absolute atomic E-state index is 0.130. The summed E-state index contributed by atoms with van der Waals surface area (Å²) in [6.07, 6.45) is 3.92. The Kier molecular flexibility index (Phi) is 3.24. The number of piperidine rings is 1. The van der Waals surface area contributed by atoms with Gasteiger partial charge in [0.25, 0.3) is 0 Å². The van der Waals surface area contributed by atoms with Crippen molar-refractivity contribution in [1.82, 2.24) is 15.1 Å². The summed E-state index contributed by atoms with van der Waals surface area (Å²) in [6, 6.07) is 0.460. The summed E-state index contributed by atoms with van der Waals surface area (Å²) < 4.78 is 0. The molecule has 2 amide bonds. The number of rotatable bonds is 2. The van der Waals surface area contributed by atoms with Crippen LogP contribution in [0.25, 0.3) is 0 Å². The maximum absolute atomic E-state index is 12.3. The van der Waals surface area contributed by atoms with Crippen LogP contribution in [-0.4, -0.2) is 60.4 Å². The van der Waals surface area contributed by atoms with E-state index in [9.17, 15) is 9.59 Å². The number of likely N-dealkylation sites (tertiary alicyclic amines) is 1. The molecule has 100 valence electrons. The quantitative estimate of drug-likeness (QED) is 0.740. The van der Waals surface area contributed by atoms with Crippen molar-refractivity contribution in [3.05, 3.63) is 0 Å². The Hall–Kier alpha value is -1.10. The van der Waals surface area contributed by atoms with Crippen LogP contribution >= 0.6 is 0 Å². The third-order valence-electron chi connectivity index (χ3n) is 4.39. The van der Waals surface area contributed by atoms with Gasteiger partial charge in [-0.15, -0.1) is 0 Å². The maximum atomic E-state index is 12.3. The average molecular weight is 251 g/mol. The average Bonchev–Trinajstić information content (AvgIpc) is 2.60. The molecule has 2 atom stereocenters. The molecule has 5 heteroatoms. The van der Waals surface area contributed by atoms with Crippen LogP contribution in [0.1, 0.15) is 25.7 Å². The zero-order chi connectivity index (χ0) is 12.5. The predicted molar refractivity (Wildman–Crippen MR) is 66.9 cm³/mol. The highest BCUT2D eigenvalue weighted by molar-refractivity contribution is 5.86. The van der Waals surface area contributed by atoms with Crippen LogP contribution in [0.2, 0.25) is 0 Å². The molecule has 0 aromatic carbocycles. The van der Waals surface area contributed by atoms with Gasteiger partial charge in [-0.25, -0.2) is 0 Å². The Morgan fingerprint density at radius 3 is 2.89 bits per heavy atom. The summed E-state index contributed by atoms with van der Waals surface area (Å²) in [7, 11) is 0. The van der Waals surface area contributed by atoms with Crippen molar-refractivity contribution in [2.75, 3.05) is 32.7 Å². The Balaban J connectivity index is 1.60. The highest BCUT2D eigenvalue weighted by Crippen LogP contribution is 2.21. The first-order valence-corrected chi connectivity index (χ1v) is 7.01. The summed E-state index contributed by atoms with van der Waals surface area (Å²) in [5.74, 6) is 0.868. The molecule has 0 unspecified atom stereocenters. The lowest BCUT2D eigenvalue weighted by Crippen LogP contribution is -2.44. The molecule has 4 aliphatic rings. The van der Waals surface area contributed by atoms with Crippen LogP contribution in [0.15, 0.2) is 0 Å². The number of nitrogens with zero attached hydrogens (tertiary/aromatic N) is 2. The van der Waals surface area contributed by atoms with Gasteiger partial charge < -0.3 is 15.1 Å². The molecule has 0 radical (unpaired) electrons. The molecule has 5 nitrogen and oxygen atoms in total. The summed E-state index contributed by atoms with van der Waals surface area (Å²) in [5.41, 5.74) is 0. The third-order valence-corrected chi connectivity index (χ3v) is 4.39. The molecule has 4 rings (SSSR count). The lowest BCUT2D eigenvalue weighted by atomic mass is 9.97. The van der Waals surface area contributed by atoms with E-state index < -0.39 is 0 Å². The second-order valence-corrected chi connectivity index (χ2v) is 5.77. The van der Waals surface area contributed by atoms with Gasteiger partial charge >= 0.3 is 0 Å². The van der Waals surface area contributed by atoms with E-state index >= 15 is 0 Å². The highest BCUT2D eigenvalue weighted by atomic mass is 16.2. The number of fused-ring (bicyclic) bond motifs is 4. The van der Waals surface area contributed by atoms with E-state index in [-0.39, 0.29) is 18.4 Å². The Morgan fingerprint density at radius 2 is 2.22 bits per heavy atom. The fraction of sp³-hybridized carbons (Fsp3) is 0.846. The van der Waals surface area contributed by atoms with Crippen molar-refractivity contribution < 1.29 is 9.59 Å². The second kappa shape index (κ2) is 4.88. The maximum Gasteiger partial charge on any atom is 0.242 e. The lowest BCUT2D eigenvalue weighted by Gasteiger charge is -2.25. The SMILES string of the molecule is O=C1CCCN1CC(=O)N1C[C@H]2CC[C@@H](C1)NC2. The van der Waals surface area contributed by atoms with E-state index in [0.29, 0.717) is 18.4 Å². The first kappa shape index (κ1) is 12.0. The number of carbonyl (C=O) groups excluding carboxylic acids is 2. The molecule has 1 N–H and O–H groups in total. The topological polar surface area (TPSA) is 52.7 Å². The van der Waals surface area contributed by atoms with E-state index in [4.69, 9.17) is 0 Å². The van der Waals surface area contributed by atoms with Crippen molar-refractivity contribution in [1.29, 1.82) is 0 Å². The number of hydrogen-bond acceptors (Lipinski definition) is 3. The molecule has 0 spiro atoms. The van der Waals surface area contributed by atoms with E-state index in [0.717, 1.165) is 32.6 Å². The van der Waals surface area contributed by atoms with Crippen molar-refractivity contribution in [3.63, 3.8) is 0 Å². The molecular formula is C13H21N3O2. The zero-order valence-electron chi connectivity index (χ0n) is 10.7. The smallest absolute Gasteiger partial charge is 0.242 e.